The number of halogens is 1. The Bertz CT molecular complexity index is 506. The van der Waals surface area contributed by atoms with Crippen molar-refractivity contribution in [2.45, 2.75) is 26.4 Å². The summed E-state index contributed by atoms with van der Waals surface area (Å²) in [5.74, 6) is 0.969. The summed E-state index contributed by atoms with van der Waals surface area (Å²) >= 11 is 3.52. The van der Waals surface area contributed by atoms with Crippen LogP contribution in [0.15, 0.2) is 53.0 Å². The average Bonchev–Trinajstić information content (AvgIpc) is 2.33. The third-order valence-electron chi connectivity index (χ3n) is 2.62. The molecule has 0 bridgehead atoms. The minimum absolute atomic E-state index is 0.195. The van der Waals surface area contributed by atoms with Crippen LogP contribution in [0.25, 0.3) is 0 Å². The Hall–Kier alpha value is -1.28. The van der Waals surface area contributed by atoms with Gasteiger partial charge in [-0.2, -0.15) is 0 Å². The monoisotopic (exact) mass is 304 g/mol. The van der Waals surface area contributed by atoms with Gasteiger partial charge in [0.15, 0.2) is 0 Å². The lowest BCUT2D eigenvalue weighted by Crippen LogP contribution is -2.07. The van der Waals surface area contributed by atoms with Crippen molar-refractivity contribution in [3.63, 3.8) is 0 Å². The molecular formula is C16H17BrO. The van der Waals surface area contributed by atoms with Crippen molar-refractivity contribution in [2.24, 2.45) is 0 Å². The van der Waals surface area contributed by atoms with Crippen molar-refractivity contribution in [1.29, 1.82) is 0 Å². The summed E-state index contributed by atoms with van der Waals surface area (Å²) in [6.45, 7) is 4.10. The van der Waals surface area contributed by atoms with Gasteiger partial charge >= 0.3 is 0 Å². The van der Waals surface area contributed by atoms with Crippen molar-refractivity contribution in [2.75, 3.05) is 0 Å². The van der Waals surface area contributed by atoms with E-state index in [1.54, 1.807) is 0 Å². The van der Waals surface area contributed by atoms with Crippen LogP contribution >= 0.6 is 15.9 Å². The lowest BCUT2D eigenvalue weighted by Gasteiger charge is -2.14. The Kier molecular flexibility index (Phi) is 4.43. The van der Waals surface area contributed by atoms with Crippen molar-refractivity contribution < 1.29 is 4.74 Å². The van der Waals surface area contributed by atoms with E-state index in [0.717, 1.165) is 16.6 Å². The van der Waals surface area contributed by atoms with Gasteiger partial charge in [0.2, 0.25) is 0 Å². The maximum absolute atomic E-state index is 5.85. The van der Waals surface area contributed by atoms with Crippen LogP contribution in [0, 0.1) is 0 Å². The van der Waals surface area contributed by atoms with E-state index in [4.69, 9.17) is 4.74 Å². The predicted molar refractivity (Wildman–Crippen MR) is 79.2 cm³/mol. The van der Waals surface area contributed by atoms with Gasteiger partial charge in [-0.1, -0.05) is 46.3 Å². The minimum Gasteiger partial charge on any atom is -0.491 e. The van der Waals surface area contributed by atoms with Crippen LogP contribution in [0.3, 0.4) is 0 Å². The molecule has 2 rings (SSSR count). The molecule has 2 aromatic carbocycles. The molecule has 0 aliphatic heterocycles. The molecule has 0 fully saturated rings. The zero-order valence-corrected chi connectivity index (χ0v) is 12.3. The number of hydrogen-bond donors (Lipinski definition) is 0. The summed E-state index contributed by atoms with van der Waals surface area (Å²) in [5, 5.41) is 0. The van der Waals surface area contributed by atoms with E-state index in [1.807, 2.05) is 32.0 Å². The van der Waals surface area contributed by atoms with E-state index >= 15 is 0 Å². The van der Waals surface area contributed by atoms with Gasteiger partial charge < -0.3 is 4.74 Å². The molecule has 0 saturated carbocycles. The predicted octanol–water partition coefficient (Wildman–Crippen LogP) is 4.83. The van der Waals surface area contributed by atoms with E-state index in [-0.39, 0.29) is 6.10 Å². The second kappa shape index (κ2) is 6.05. The summed E-state index contributed by atoms with van der Waals surface area (Å²) in [6, 6.07) is 16.6. The third kappa shape index (κ3) is 3.61. The SMILES string of the molecule is CC(C)Oc1ccc(Br)cc1Cc1ccccc1. The topological polar surface area (TPSA) is 9.23 Å². The van der Waals surface area contributed by atoms with Gasteiger partial charge in [-0.15, -0.1) is 0 Å². The Morgan fingerprint density at radius 3 is 2.44 bits per heavy atom. The first kappa shape index (κ1) is 13.2. The van der Waals surface area contributed by atoms with Crippen LogP contribution in [-0.4, -0.2) is 6.10 Å². The molecule has 0 aliphatic rings. The average molecular weight is 305 g/mol. The van der Waals surface area contributed by atoms with Crippen LogP contribution in [0.5, 0.6) is 5.75 Å². The first-order valence-corrected chi connectivity index (χ1v) is 6.93. The quantitative estimate of drug-likeness (QED) is 0.786. The highest BCUT2D eigenvalue weighted by Gasteiger charge is 2.07. The minimum atomic E-state index is 0.195. The fourth-order valence-corrected chi connectivity index (χ4v) is 2.28. The molecule has 94 valence electrons. The Labute approximate surface area is 117 Å². The third-order valence-corrected chi connectivity index (χ3v) is 3.12. The fraction of sp³-hybridized carbons (Fsp3) is 0.250. The Morgan fingerprint density at radius 1 is 1.06 bits per heavy atom. The van der Waals surface area contributed by atoms with E-state index in [9.17, 15) is 0 Å². The summed E-state index contributed by atoms with van der Waals surface area (Å²) < 4.78 is 6.94. The molecule has 0 radical (unpaired) electrons. The van der Waals surface area contributed by atoms with Crippen molar-refractivity contribution in [3.8, 4) is 5.75 Å². The van der Waals surface area contributed by atoms with Gasteiger partial charge in [-0.05, 0) is 43.2 Å². The summed E-state index contributed by atoms with van der Waals surface area (Å²) in [4.78, 5) is 0. The summed E-state index contributed by atoms with van der Waals surface area (Å²) in [7, 11) is 0. The largest absolute Gasteiger partial charge is 0.491 e. The lowest BCUT2D eigenvalue weighted by atomic mass is 10.0. The molecule has 0 heterocycles. The van der Waals surface area contributed by atoms with Crippen LogP contribution in [0.1, 0.15) is 25.0 Å². The van der Waals surface area contributed by atoms with E-state index in [0.29, 0.717) is 0 Å². The zero-order chi connectivity index (χ0) is 13.0. The van der Waals surface area contributed by atoms with E-state index < -0.39 is 0 Å². The summed E-state index contributed by atoms with van der Waals surface area (Å²) in [6.07, 6.45) is 1.09. The first-order valence-electron chi connectivity index (χ1n) is 6.14. The Balaban J connectivity index is 2.27. The van der Waals surface area contributed by atoms with Crippen molar-refractivity contribution in [1.82, 2.24) is 0 Å². The van der Waals surface area contributed by atoms with Crippen LogP contribution in [0.2, 0.25) is 0 Å². The van der Waals surface area contributed by atoms with Crippen LogP contribution < -0.4 is 4.74 Å². The molecule has 0 aliphatic carbocycles. The molecular weight excluding hydrogens is 288 g/mol. The second-order valence-electron chi connectivity index (χ2n) is 4.58. The van der Waals surface area contributed by atoms with Crippen molar-refractivity contribution in [3.05, 3.63) is 64.1 Å². The molecule has 0 saturated heterocycles. The molecule has 0 N–H and O–H groups in total. The molecule has 0 amide bonds. The van der Waals surface area contributed by atoms with Crippen molar-refractivity contribution >= 4 is 15.9 Å². The van der Waals surface area contributed by atoms with Crippen LogP contribution in [0.4, 0.5) is 0 Å². The Morgan fingerprint density at radius 2 is 1.78 bits per heavy atom. The number of ether oxygens (including phenoxy) is 1. The molecule has 18 heavy (non-hydrogen) atoms. The summed E-state index contributed by atoms with van der Waals surface area (Å²) in [5.41, 5.74) is 2.51. The second-order valence-corrected chi connectivity index (χ2v) is 5.50. The van der Waals surface area contributed by atoms with Crippen LogP contribution in [-0.2, 0) is 6.42 Å². The smallest absolute Gasteiger partial charge is 0.123 e. The molecule has 0 atom stereocenters. The highest BCUT2D eigenvalue weighted by atomic mass is 79.9. The maximum atomic E-state index is 5.85. The standard InChI is InChI=1S/C16H17BrO/c1-12(2)18-16-9-8-15(17)11-14(16)10-13-6-4-3-5-7-13/h3-9,11-12H,10H2,1-2H3. The normalized spacial score (nSPS) is 10.7. The van der Waals surface area contributed by atoms with Gasteiger partial charge in [-0.25, -0.2) is 0 Å². The molecule has 1 nitrogen and oxygen atoms in total. The van der Waals surface area contributed by atoms with Gasteiger partial charge in [0.25, 0.3) is 0 Å². The molecule has 0 aromatic heterocycles. The highest BCUT2D eigenvalue weighted by molar-refractivity contribution is 9.10. The first-order chi connectivity index (χ1) is 8.65. The van der Waals surface area contributed by atoms with Gasteiger partial charge in [0.05, 0.1) is 6.10 Å². The molecule has 2 aromatic rings. The lowest BCUT2D eigenvalue weighted by molar-refractivity contribution is 0.240. The molecule has 2 heteroatoms. The fourth-order valence-electron chi connectivity index (χ4n) is 1.87. The van der Waals surface area contributed by atoms with E-state index in [2.05, 4.69) is 46.3 Å². The van der Waals surface area contributed by atoms with Gasteiger partial charge in [0, 0.05) is 10.9 Å². The van der Waals surface area contributed by atoms with Gasteiger partial charge in [-0.3, -0.25) is 0 Å². The maximum Gasteiger partial charge on any atom is 0.123 e. The number of benzene rings is 2. The highest BCUT2D eigenvalue weighted by Crippen LogP contribution is 2.26. The van der Waals surface area contributed by atoms with E-state index in [1.165, 1.54) is 11.1 Å². The molecule has 0 spiro atoms. The zero-order valence-electron chi connectivity index (χ0n) is 10.7. The van der Waals surface area contributed by atoms with Gasteiger partial charge in [0.1, 0.15) is 5.75 Å². The number of hydrogen-bond acceptors (Lipinski definition) is 1. The molecule has 0 unspecified atom stereocenters. The number of rotatable bonds is 4.